The molecule has 2 aromatic heterocycles. The number of halogens is 1. The van der Waals surface area contributed by atoms with Gasteiger partial charge in [-0.05, 0) is 40.5 Å². The number of rotatable bonds is 3. The molecule has 7 heteroatoms. The summed E-state index contributed by atoms with van der Waals surface area (Å²) in [6, 6.07) is 3.49. The lowest BCUT2D eigenvalue weighted by Gasteiger charge is -2.11. The molecule has 0 fully saturated rings. The van der Waals surface area contributed by atoms with E-state index in [9.17, 15) is 0 Å². The van der Waals surface area contributed by atoms with Crippen LogP contribution in [0.4, 0.5) is 0 Å². The molecule has 0 bridgehead atoms. The van der Waals surface area contributed by atoms with Gasteiger partial charge in [-0.25, -0.2) is 4.98 Å². The number of oxime groups is 1. The molecule has 6 nitrogen and oxygen atoms in total. The first-order valence-corrected chi connectivity index (χ1v) is 6.13. The zero-order valence-corrected chi connectivity index (χ0v) is 11.6. The summed E-state index contributed by atoms with van der Waals surface area (Å²) in [6.45, 7) is 1.82. The van der Waals surface area contributed by atoms with Crippen LogP contribution in [0.15, 0.2) is 40.4 Å². The average molecular weight is 323 g/mol. The van der Waals surface area contributed by atoms with Gasteiger partial charge >= 0.3 is 0 Å². The minimum absolute atomic E-state index is 0.0523. The van der Waals surface area contributed by atoms with E-state index in [1.165, 1.54) is 0 Å². The second-order valence-electron chi connectivity index (χ2n) is 3.73. The summed E-state index contributed by atoms with van der Waals surface area (Å²) in [5, 5.41) is 11.8. The highest BCUT2D eigenvalue weighted by atomic mass is 79.9. The third kappa shape index (κ3) is 3.00. The molecule has 0 amide bonds. The summed E-state index contributed by atoms with van der Waals surface area (Å²) in [6.07, 6.45) is 4.77. The van der Waals surface area contributed by atoms with Crippen molar-refractivity contribution in [1.82, 2.24) is 9.97 Å². The maximum absolute atomic E-state index is 8.81. The van der Waals surface area contributed by atoms with Crippen LogP contribution in [0, 0.1) is 6.92 Å². The van der Waals surface area contributed by atoms with Gasteiger partial charge in [-0.2, -0.15) is 0 Å². The molecule has 0 aliphatic rings. The van der Waals surface area contributed by atoms with Crippen LogP contribution < -0.4 is 10.5 Å². The number of amidine groups is 1. The lowest BCUT2D eigenvalue weighted by atomic mass is 10.1. The van der Waals surface area contributed by atoms with Crippen LogP contribution in [-0.4, -0.2) is 21.0 Å². The zero-order valence-electron chi connectivity index (χ0n) is 10.0. The largest absolute Gasteiger partial charge is 0.437 e. The maximum atomic E-state index is 8.81. The number of aryl methyl sites for hydroxylation is 1. The van der Waals surface area contributed by atoms with E-state index in [0.717, 1.165) is 10.0 Å². The van der Waals surface area contributed by atoms with Crippen LogP contribution in [0.2, 0.25) is 0 Å². The van der Waals surface area contributed by atoms with Crippen molar-refractivity contribution in [2.75, 3.05) is 0 Å². The number of nitrogens with zero attached hydrogens (tertiary/aromatic N) is 3. The molecule has 0 radical (unpaired) electrons. The van der Waals surface area contributed by atoms with Gasteiger partial charge in [0.15, 0.2) is 5.84 Å². The van der Waals surface area contributed by atoms with Crippen molar-refractivity contribution >= 4 is 21.8 Å². The molecule has 98 valence electrons. The van der Waals surface area contributed by atoms with E-state index in [1.807, 2.05) is 6.92 Å². The maximum Gasteiger partial charge on any atom is 0.230 e. The van der Waals surface area contributed by atoms with Gasteiger partial charge < -0.3 is 15.7 Å². The Labute approximate surface area is 118 Å². The van der Waals surface area contributed by atoms with E-state index >= 15 is 0 Å². The summed E-state index contributed by atoms with van der Waals surface area (Å²) in [5.41, 5.74) is 6.88. The topological polar surface area (TPSA) is 93.6 Å². The Hall–Kier alpha value is -2.15. The Bertz CT molecular complexity index is 631. The summed E-state index contributed by atoms with van der Waals surface area (Å²) >= 11 is 3.30. The second kappa shape index (κ2) is 5.66. The highest BCUT2D eigenvalue weighted by molar-refractivity contribution is 9.10. The Morgan fingerprint density at radius 2 is 2.26 bits per heavy atom. The number of aromatic nitrogens is 2. The van der Waals surface area contributed by atoms with Crippen molar-refractivity contribution < 1.29 is 9.94 Å². The Kier molecular flexibility index (Phi) is 3.96. The van der Waals surface area contributed by atoms with Crippen LogP contribution in [0.1, 0.15) is 11.1 Å². The first-order valence-electron chi connectivity index (χ1n) is 5.33. The quantitative estimate of drug-likeness (QED) is 0.392. The zero-order chi connectivity index (χ0) is 13.8. The molecule has 2 heterocycles. The number of hydrogen-bond acceptors (Lipinski definition) is 5. The SMILES string of the molecule is Cc1ccnc(Oc2cncc(Br)c2)c1/C(N)=N/O. The van der Waals surface area contributed by atoms with Crippen molar-refractivity contribution in [2.24, 2.45) is 10.9 Å². The standard InChI is InChI=1S/C12H11BrN4O2/c1-7-2-3-16-12(10(7)11(14)17-18)19-9-4-8(13)5-15-6-9/h2-6,18H,1H3,(H2,14,17). The molecule has 0 saturated heterocycles. The number of ether oxygens (including phenoxy) is 1. The van der Waals surface area contributed by atoms with E-state index in [0.29, 0.717) is 11.3 Å². The number of hydrogen-bond donors (Lipinski definition) is 2. The molecule has 0 saturated carbocycles. The fourth-order valence-electron chi connectivity index (χ4n) is 1.53. The third-order valence-electron chi connectivity index (χ3n) is 2.38. The average Bonchev–Trinajstić information content (AvgIpc) is 2.38. The van der Waals surface area contributed by atoms with Crippen molar-refractivity contribution in [3.05, 3.63) is 46.3 Å². The predicted octanol–water partition coefficient (Wildman–Crippen LogP) is 2.43. The summed E-state index contributed by atoms with van der Waals surface area (Å²) in [7, 11) is 0. The summed E-state index contributed by atoms with van der Waals surface area (Å²) in [5.74, 6) is 0.707. The first kappa shape index (κ1) is 13.3. The highest BCUT2D eigenvalue weighted by Crippen LogP contribution is 2.26. The summed E-state index contributed by atoms with van der Waals surface area (Å²) in [4.78, 5) is 8.08. The van der Waals surface area contributed by atoms with Crippen molar-refractivity contribution in [3.63, 3.8) is 0 Å². The van der Waals surface area contributed by atoms with Crippen LogP contribution in [0.25, 0.3) is 0 Å². The highest BCUT2D eigenvalue weighted by Gasteiger charge is 2.14. The molecular formula is C12H11BrN4O2. The molecule has 19 heavy (non-hydrogen) atoms. The minimum Gasteiger partial charge on any atom is -0.437 e. The normalized spacial score (nSPS) is 11.4. The fraction of sp³-hybridized carbons (Fsp3) is 0.0833. The lowest BCUT2D eigenvalue weighted by Crippen LogP contribution is -2.16. The van der Waals surface area contributed by atoms with Crippen LogP contribution in [0.3, 0.4) is 0 Å². The summed E-state index contributed by atoms with van der Waals surface area (Å²) < 4.78 is 6.40. The molecule has 3 N–H and O–H groups in total. The van der Waals surface area contributed by atoms with Crippen LogP contribution >= 0.6 is 15.9 Å². The fourth-order valence-corrected chi connectivity index (χ4v) is 1.88. The van der Waals surface area contributed by atoms with Gasteiger partial charge in [0, 0.05) is 16.9 Å². The molecular weight excluding hydrogens is 312 g/mol. The number of pyridine rings is 2. The molecule has 0 aliphatic heterocycles. The van der Waals surface area contributed by atoms with Gasteiger partial charge in [-0.15, -0.1) is 0 Å². The first-order chi connectivity index (χ1) is 9.11. The van der Waals surface area contributed by atoms with Gasteiger partial charge in [0.1, 0.15) is 5.75 Å². The Balaban J connectivity index is 2.43. The second-order valence-corrected chi connectivity index (χ2v) is 4.65. The number of nitrogens with two attached hydrogens (primary N) is 1. The van der Waals surface area contributed by atoms with Gasteiger partial charge in [0.05, 0.1) is 11.8 Å². The van der Waals surface area contributed by atoms with E-state index in [2.05, 4.69) is 31.1 Å². The smallest absolute Gasteiger partial charge is 0.230 e. The van der Waals surface area contributed by atoms with Gasteiger partial charge in [0.25, 0.3) is 0 Å². The predicted molar refractivity (Wildman–Crippen MR) is 73.5 cm³/mol. The molecule has 2 aromatic rings. The van der Waals surface area contributed by atoms with E-state index in [4.69, 9.17) is 15.7 Å². The molecule has 0 atom stereocenters. The van der Waals surface area contributed by atoms with Crippen molar-refractivity contribution in [1.29, 1.82) is 0 Å². The van der Waals surface area contributed by atoms with Gasteiger partial charge in [-0.3, -0.25) is 4.98 Å². The van der Waals surface area contributed by atoms with E-state index < -0.39 is 0 Å². The Morgan fingerprint density at radius 1 is 1.47 bits per heavy atom. The van der Waals surface area contributed by atoms with Crippen molar-refractivity contribution in [2.45, 2.75) is 6.92 Å². The van der Waals surface area contributed by atoms with Crippen LogP contribution in [-0.2, 0) is 0 Å². The molecule has 2 rings (SSSR count). The monoisotopic (exact) mass is 322 g/mol. The Morgan fingerprint density at radius 3 is 2.95 bits per heavy atom. The minimum atomic E-state index is -0.0523. The van der Waals surface area contributed by atoms with E-state index in [1.54, 1.807) is 30.7 Å². The van der Waals surface area contributed by atoms with E-state index in [-0.39, 0.29) is 11.7 Å². The molecule has 0 unspecified atom stereocenters. The third-order valence-corrected chi connectivity index (χ3v) is 2.82. The molecule has 0 aromatic carbocycles. The lowest BCUT2D eigenvalue weighted by molar-refractivity contribution is 0.318. The van der Waals surface area contributed by atoms with Gasteiger partial charge in [0.2, 0.25) is 5.88 Å². The van der Waals surface area contributed by atoms with Gasteiger partial charge in [-0.1, -0.05) is 5.16 Å². The van der Waals surface area contributed by atoms with Crippen LogP contribution in [0.5, 0.6) is 11.6 Å². The molecule has 0 aliphatic carbocycles. The van der Waals surface area contributed by atoms with Crippen molar-refractivity contribution in [3.8, 4) is 11.6 Å². The molecule has 0 spiro atoms.